The van der Waals surface area contributed by atoms with Crippen LogP contribution in [0.2, 0.25) is 0 Å². The van der Waals surface area contributed by atoms with Crippen molar-refractivity contribution in [1.29, 1.82) is 0 Å². The SMILES string of the molecule is Cc1[nH]c(-c2ccccc2C(C)(C)C)nc1C(O)C(C(c1ccccc1)c1ccccc1)N1CCNCC1.Cl.Cl.Cl. The van der Waals surface area contributed by atoms with E-state index in [9.17, 15) is 5.11 Å². The fourth-order valence-corrected chi connectivity index (χ4v) is 5.88. The van der Waals surface area contributed by atoms with Gasteiger partial charge in [-0.3, -0.25) is 4.90 Å². The van der Waals surface area contributed by atoms with Crippen LogP contribution in [0.25, 0.3) is 11.4 Å². The Bertz CT molecular complexity index is 1300. The summed E-state index contributed by atoms with van der Waals surface area (Å²) in [5.41, 5.74) is 6.34. The number of aromatic nitrogens is 2. The quantitative estimate of drug-likeness (QED) is 0.207. The van der Waals surface area contributed by atoms with Crippen molar-refractivity contribution in [2.45, 2.75) is 51.2 Å². The molecular weight excluding hydrogens is 575 g/mol. The molecule has 3 aromatic carbocycles. The number of piperazine rings is 1. The molecule has 2 atom stereocenters. The number of aliphatic hydroxyl groups excluding tert-OH is 1. The maximum Gasteiger partial charge on any atom is 0.138 e. The second-order valence-electron chi connectivity index (χ2n) is 11.4. The van der Waals surface area contributed by atoms with Crippen molar-refractivity contribution in [2.75, 3.05) is 26.2 Å². The Kier molecular flexibility index (Phi) is 12.9. The first-order chi connectivity index (χ1) is 18.3. The number of hydrogen-bond acceptors (Lipinski definition) is 4. The van der Waals surface area contributed by atoms with Crippen LogP contribution in [0.3, 0.4) is 0 Å². The first-order valence-electron chi connectivity index (χ1n) is 13.7. The lowest BCUT2D eigenvalue weighted by Crippen LogP contribution is -2.52. The lowest BCUT2D eigenvalue weighted by atomic mass is 9.80. The number of imidazole rings is 1. The van der Waals surface area contributed by atoms with Crippen molar-refractivity contribution in [3.05, 3.63) is 113 Å². The fraction of sp³-hybridized carbons (Fsp3) is 0.364. The summed E-state index contributed by atoms with van der Waals surface area (Å²) in [4.78, 5) is 11.1. The van der Waals surface area contributed by atoms with Crippen molar-refractivity contribution in [2.24, 2.45) is 0 Å². The standard InChI is InChI=1S/C33H40N4O.3ClH/c1-23-29(36-32(35-23)26-17-11-12-18-27(26)33(2,3)4)31(38)30(37-21-19-34-20-22-37)28(24-13-7-5-8-14-24)25-15-9-6-10-16-25;;;/h5-18,28,30-31,34,38H,19-22H2,1-4H3,(H,35,36);3*1H. The predicted octanol–water partition coefficient (Wildman–Crippen LogP) is 7.09. The zero-order valence-corrected chi connectivity index (χ0v) is 26.7. The Morgan fingerprint density at radius 2 is 1.29 bits per heavy atom. The van der Waals surface area contributed by atoms with Crippen molar-refractivity contribution in [3.8, 4) is 11.4 Å². The highest BCUT2D eigenvalue weighted by Crippen LogP contribution is 2.39. The minimum absolute atomic E-state index is 0. The molecule has 2 unspecified atom stereocenters. The summed E-state index contributed by atoms with van der Waals surface area (Å²) < 4.78 is 0. The van der Waals surface area contributed by atoms with Crippen LogP contribution in [0, 0.1) is 6.92 Å². The summed E-state index contributed by atoms with van der Waals surface area (Å²) in [5, 5.41) is 15.7. The van der Waals surface area contributed by atoms with Gasteiger partial charge in [0.1, 0.15) is 11.9 Å². The van der Waals surface area contributed by atoms with Gasteiger partial charge >= 0.3 is 0 Å². The van der Waals surface area contributed by atoms with Gasteiger partial charge in [0.25, 0.3) is 0 Å². The third kappa shape index (κ3) is 7.72. The molecule has 0 aliphatic carbocycles. The number of H-pyrrole nitrogens is 1. The zero-order valence-electron chi connectivity index (χ0n) is 24.2. The Hall–Kier alpha value is -2.38. The number of aliphatic hydroxyl groups is 1. The van der Waals surface area contributed by atoms with Crippen LogP contribution in [0.15, 0.2) is 84.9 Å². The highest BCUT2D eigenvalue weighted by molar-refractivity contribution is 5.86. The van der Waals surface area contributed by atoms with Gasteiger partial charge in [0.05, 0.1) is 11.7 Å². The van der Waals surface area contributed by atoms with Gasteiger partial charge in [-0.25, -0.2) is 4.98 Å². The average molecular weight is 618 g/mol. The number of halogens is 3. The summed E-state index contributed by atoms with van der Waals surface area (Å²) in [5.74, 6) is 0.809. The van der Waals surface area contributed by atoms with Gasteiger partial charge < -0.3 is 15.4 Å². The van der Waals surface area contributed by atoms with Gasteiger partial charge in [0.15, 0.2) is 0 Å². The van der Waals surface area contributed by atoms with Crippen LogP contribution in [-0.4, -0.2) is 52.2 Å². The van der Waals surface area contributed by atoms with Crippen molar-refractivity contribution < 1.29 is 5.11 Å². The first-order valence-corrected chi connectivity index (χ1v) is 13.7. The van der Waals surface area contributed by atoms with Gasteiger partial charge in [-0.1, -0.05) is 106 Å². The number of rotatable bonds is 7. The Morgan fingerprint density at radius 1 is 0.780 bits per heavy atom. The molecule has 1 aliphatic rings. The molecule has 3 N–H and O–H groups in total. The van der Waals surface area contributed by atoms with Crippen LogP contribution in [0.5, 0.6) is 0 Å². The maximum absolute atomic E-state index is 12.3. The molecule has 0 saturated carbocycles. The molecule has 1 fully saturated rings. The molecule has 5 nitrogen and oxygen atoms in total. The molecule has 41 heavy (non-hydrogen) atoms. The van der Waals surface area contributed by atoms with Crippen LogP contribution < -0.4 is 5.32 Å². The maximum atomic E-state index is 12.3. The van der Waals surface area contributed by atoms with E-state index in [1.807, 2.05) is 6.92 Å². The summed E-state index contributed by atoms with van der Waals surface area (Å²) >= 11 is 0. The summed E-state index contributed by atoms with van der Waals surface area (Å²) in [6, 6.07) is 29.5. The van der Waals surface area contributed by atoms with Gasteiger partial charge in [0, 0.05) is 43.4 Å². The highest BCUT2D eigenvalue weighted by atomic mass is 35.5. The van der Waals surface area contributed by atoms with Crippen molar-refractivity contribution >= 4 is 37.2 Å². The second-order valence-corrected chi connectivity index (χ2v) is 11.4. The molecule has 8 heteroatoms. The van der Waals surface area contributed by atoms with Gasteiger partial charge in [-0.15, -0.1) is 37.2 Å². The zero-order chi connectivity index (χ0) is 26.7. The molecule has 222 valence electrons. The number of nitrogens with zero attached hydrogens (tertiary/aromatic N) is 2. The predicted molar refractivity (Wildman–Crippen MR) is 177 cm³/mol. The first kappa shape index (κ1) is 34.8. The molecule has 0 spiro atoms. The van der Waals surface area contributed by atoms with Gasteiger partial charge in [-0.05, 0) is 29.0 Å². The minimum atomic E-state index is -0.773. The lowest BCUT2D eigenvalue weighted by molar-refractivity contribution is 0.0295. The Balaban J connectivity index is 0.00000196. The Morgan fingerprint density at radius 3 is 1.83 bits per heavy atom. The molecule has 0 radical (unpaired) electrons. The fourth-order valence-electron chi connectivity index (χ4n) is 5.88. The summed E-state index contributed by atoms with van der Waals surface area (Å²) in [6.07, 6.45) is -0.773. The van der Waals surface area contributed by atoms with Gasteiger partial charge in [-0.2, -0.15) is 0 Å². The second kappa shape index (κ2) is 15.2. The van der Waals surface area contributed by atoms with Crippen LogP contribution >= 0.6 is 37.2 Å². The van der Waals surface area contributed by atoms with E-state index in [0.717, 1.165) is 49.0 Å². The van der Waals surface area contributed by atoms with Crippen molar-refractivity contribution in [3.63, 3.8) is 0 Å². The molecule has 1 aromatic heterocycles. The lowest BCUT2D eigenvalue weighted by Gasteiger charge is -2.42. The number of aryl methyl sites for hydroxylation is 1. The molecule has 5 rings (SSSR count). The van der Waals surface area contributed by atoms with Crippen molar-refractivity contribution in [1.82, 2.24) is 20.2 Å². The molecule has 1 saturated heterocycles. The third-order valence-electron chi connectivity index (χ3n) is 7.75. The molecule has 0 amide bonds. The van der Waals surface area contributed by atoms with Crippen LogP contribution in [0.4, 0.5) is 0 Å². The van der Waals surface area contributed by atoms with E-state index in [1.165, 1.54) is 16.7 Å². The molecule has 1 aliphatic heterocycles. The highest BCUT2D eigenvalue weighted by Gasteiger charge is 2.38. The average Bonchev–Trinajstić information content (AvgIpc) is 3.33. The van der Waals surface area contributed by atoms with E-state index in [2.05, 4.69) is 121 Å². The number of nitrogens with one attached hydrogen (secondary N) is 2. The van der Waals surface area contributed by atoms with E-state index >= 15 is 0 Å². The minimum Gasteiger partial charge on any atom is -0.385 e. The number of benzene rings is 3. The van der Waals surface area contributed by atoms with E-state index in [1.54, 1.807) is 0 Å². The number of hydrogen-bond donors (Lipinski definition) is 3. The van der Waals surface area contributed by atoms with Crippen LogP contribution in [-0.2, 0) is 5.41 Å². The monoisotopic (exact) mass is 616 g/mol. The van der Waals surface area contributed by atoms with E-state index in [-0.39, 0.29) is 54.6 Å². The normalized spacial score (nSPS) is 15.3. The van der Waals surface area contributed by atoms with E-state index < -0.39 is 6.10 Å². The van der Waals surface area contributed by atoms with Crippen LogP contribution in [0.1, 0.15) is 60.9 Å². The van der Waals surface area contributed by atoms with E-state index in [0.29, 0.717) is 0 Å². The largest absolute Gasteiger partial charge is 0.385 e. The Labute approximate surface area is 263 Å². The molecule has 2 heterocycles. The van der Waals surface area contributed by atoms with E-state index in [4.69, 9.17) is 4.98 Å². The molecule has 4 aromatic rings. The summed E-state index contributed by atoms with van der Waals surface area (Å²) in [6.45, 7) is 12.3. The molecule has 0 bridgehead atoms. The third-order valence-corrected chi connectivity index (χ3v) is 7.75. The van der Waals surface area contributed by atoms with Gasteiger partial charge in [0.2, 0.25) is 0 Å². The number of aromatic amines is 1. The topological polar surface area (TPSA) is 64.2 Å². The smallest absolute Gasteiger partial charge is 0.138 e. The molecular formula is C33H43Cl3N4O. The summed E-state index contributed by atoms with van der Waals surface area (Å²) in [7, 11) is 0.